The van der Waals surface area contributed by atoms with Crippen LogP contribution in [0.3, 0.4) is 0 Å². The van der Waals surface area contributed by atoms with Gasteiger partial charge in [0.2, 0.25) is 0 Å². The highest BCUT2D eigenvalue weighted by Gasteiger charge is 2.46. The molecule has 0 spiro atoms. The molecule has 1 aliphatic carbocycles. The largest absolute Gasteiger partial charge is 0.373 e. The van der Waals surface area contributed by atoms with E-state index in [4.69, 9.17) is 4.74 Å². The number of benzene rings is 2. The highest BCUT2D eigenvalue weighted by atomic mass is 19.1. The second-order valence-electron chi connectivity index (χ2n) is 8.13. The highest BCUT2D eigenvalue weighted by molar-refractivity contribution is 5.52. The molecule has 4 rings (SSSR count). The number of nitrogens with zero attached hydrogens (tertiary/aromatic N) is 3. The Morgan fingerprint density at radius 3 is 2.43 bits per heavy atom. The third-order valence-corrected chi connectivity index (χ3v) is 5.88. The van der Waals surface area contributed by atoms with Gasteiger partial charge in [-0.15, -0.1) is 0 Å². The van der Waals surface area contributed by atoms with E-state index in [2.05, 4.69) is 4.90 Å². The van der Waals surface area contributed by atoms with Crippen molar-refractivity contribution in [1.29, 1.82) is 0 Å². The van der Waals surface area contributed by atoms with Crippen molar-refractivity contribution in [3.63, 3.8) is 0 Å². The zero-order valence-corrected chi connectivity index (χ0v) is 16.7. The maximum atomic E-state index is 15.0. The minimum Gasteiger partial charge on any atom is -0.373 e. The monoisotopic (exact) mass is 417 g/mol. The number of alkyl halides is 1. The number of nitro benzene ring substituents is 1. The lowest BCUT2D eigenvalue weighted by Gasteiger charge is -2.45. The number of halogens is 2. The summed E-state index contributed by atoms with van der Waals surface area (Å²) in [4.78, 5) is 14.1. The van der Waals surface area contributed by atoms with Crippen LogP contribution >= 0.6 is 0 Å². The molecule has 160 valence electrons. The van der Waals surface area contributed by atoms with Gasteiger partial charge < -0.3 is 9.64 Å². The Kier molecular flexibility index (Phi) is 5.97. The molecule has 8 heteroatoms. The molecule has 30 heavy (non-hydrogen) atoms. The normalized spacial score (nSPS) is 24.5. The van der Waals surface area contributed by atoms with Gasteiger partial charge in [-0.2, -0.15) is 0 Å². The van der Waals surface area contributed by atoms with Crippen molar-refractivity contribution < 1.29 is 18.4 Å². The minimum absolute atomic E-state index is 0.0503. The van der Waals surface area contributed by atoms with Crippen LogP contribution in [0.15, 0.2) is 48.5 Å². The second-order valence-corrected chi connectivity index (χ2v) is 8.13. The first-order chi connectivity index (χ1) is 14.4. The van der Waals surface area contributed by atoms with Crippen molar-refractivity contribution >= 4 is 11.4 Å². The number of nitro groups is 1. The first kappa shape index (κ1) is 20.7. The fraction of sp³-hybridized carbons (Fsp3) is 0.455. The molecule has 0 radical (unpaired) electrons. The lowest BCUT2D eigenvalue weighted by molar-refractivity contribution is -0.385. The zero-order chi connectivity index (χ0) is 21.1. The number of anilines is 1. The van der Waals surface area contributed by atoms with Gasteiger partial charge in [-0.1, -0.05) is 30.3 Å². The van der Waals surface area contributed by atoms with Crippen LogP contribution in [0.25, 0.3) is 0 Å². The summed E-state index contributed by atoms with van der Waals surface area (Å²) < 4.78 is 35.1. The predicted octanol–water partition coefficient (Wildman–Crippen LogP) is 3.94. The summed E-state index contributed by atoms with van der Waals surface area (Å²) in [5.74, 6) is -0.600. The second kappa shape index (κ2) is 8.65. The van der Waals surface area contributed by atoms with Crippen molar-refractivity contribution in [3.05, 3.63) is 70.0 Å². The lowest BCUT2D eigenvalue weighted by atomic mass is 9.78. The van der Waals surface area contributed by atoms with Crippen LogP contribution in [0.1, 0.15) is 18.4 Å². The van der Waals surface area contributed by atoms with Gasteiger partial charge in [0.25, 0.3) is 5.69 Å². The highest BCUT2D eigenvalue weighted by Crippen LogP contribution is 2.39. The van der Waals surface area contributed by atoms with Gasteiger partial charge in [0.15, 0.2) is 5.82 Å². The first-order valence-electron chi connectivity index (χ1n) is 10.2. The molecule has 1 heterocycles. The van der Waals surface area contributed by atoms with Gasteiger partial charge in [0.1, 0.15) is 5.67 Å². The zero-order valence-electron chi connectivity index (χ0n) is 16.7. The summed E-state index contributed by atoms with van der Waals surface area (Å²) in [5.41, 5.74) is -0.0535. The Morgan fingerprint density at radius 2 is 1.80 bits per heavy atom. The van der Waals surface area contributed by atoms with Crippen LogP contribution in [0.5, 0.6) is 0 Å². The van der Waals surface area contributed by atoms with E-state index >= 15 is 4.39 Å². The van der Waals surface area contributed by atoms with E-state index < -0.39 is 16.4 Å². The fourth-order valence-electron chi connectivity index (χ4n) is 4.20. The van der Waals surface area contributed by atoms with Crippen molar-refractivity contribution in [1.82, 2.24) is 4.90 Å². The summed E-state index contributed by atoms with van der Waals surface area (Å²) in [5, 5.41) is 10.8. The molecule has 1 saturated heterocycles. The van der Waals surface area contributed by atoms with E-state index in [9.17, 15) is 14.5 Å². The van der Waals surface area contributed by atoms with Crippen molar-refractivity contribution in [3.8, 4) is 0 Å². The summed E-state index contributed by atoms with van der Waals surface area (Å²) in [6.07, 6.45) is 0.749. The first-order valence-corrected chi connectivity index (χ1v) is 10.2. The summed E-state index contributed by atoms with van der Waals surface area (Å²) >= 11 is 0. The molecule has 0 unspecified atom stereocenters. The minimum atomic E-state index is -1.23. The van der Waals surface area contributed by atoms with E-state index in [1.54, 1.807) is 0 Å². The van der Waals surface area contributed by atoms with Crippen LogP contribution in [-0.4, -0.2) is 54.3 Å². The number of hydrogen-bond donors (Lipinski definition) is 0. The Morgan fingerprint density at radius 1 is 1.10 bits per heavy atom. The number of ether oxygens (including phenoxy) is 1. The molecular formula is C22H25F2N3O3. The molecule has 6 nitrogen and oxygen atoms in total. The van der Waals surface area contributed by atoms with E-state index in [1.165, 1.54) is 12.1 Å². The summed E-state index contributed by atoms with van der Waals surface area (Å²) in [6, 6.07) is 13.6. The maximum absolute atomic E-state index is 15.0. The van der Waals surface area contributed by atoms with E-state index in [0.717, 1.165) is 11.6 Å². The molecule has 0 amide bonds. The molecular weight excluding hydrogens is 392 g/mol. The smallest absolute Gasteiger partial charge is 0.272 e. The van der Waals surface area contributed by atoms with E-state index in [1.807, 2.05) is 35.2 Å². The molecule has 2 aliphatic rings. The molecule has 0 aromatic heterocycles. The summed E-state index contributed by atoms with van der Waals surface area (Å²) in [6.45, 7) is 3.21. The lowest BCUT2D eigenvalue weighted by Crippen LogP contribution is -2.56. The van der Waals surface area contributed by atoms with Gasteiger partial charge in [-0.25, -0.2) is 8.78 Å². The third-order valence-electron chi connectivity index (χ3n) is 5.88. The number of non-ortho nitro benzene ring substituents is 1. The van der Waals surface area contributed by atoms with Gasteiger partial charge in [-0.05, 0) is 11.6 Å². The Balaban J connectivity index is 1.22. The maximum Gasteiger partial charge on any atom is 0.272 e. The van der Waals surface area contributed by atoms with Crippen LogP contribution in [0.4, 0.5) is 20.2 Å². The van der Waals surface area contributed by atoms with Crippen LogP contribution < -0.4 is 4.90 Å². The predicted molar refractivity (Wildman–Crippen MR) is 110 cm³/mol. The van der Waals surface area contributed by atoms with Crippen molar-refractivity contribution in [2.45, 2.75) is 31.2 Å². The Bertz CT molecular complexity index is 882. The number of rotatable bonds is 7. The fourth-order valence-corrected chi connectivity index (χ4v) is 4.20. The van der Waals surface area contributed by atoms with E-state index in [0.29, 0.717) is 57.9 Å². The van der Waals surface area contributed by atoms with Crippen molar-refractivity contribution in [2.24, 2.45) is 0 Å². The standard InChI is InChI=1S/C22H25F2N3O3/c23-20-12-18(27(28)29)6-7-21(20)26-10-8-25(9-11-26)16-22(24)13-19(14-22)30-15-17-4-2-1-3-5-17/h1-7,12,19H,8-11,13-16H2. The van der Waals surface area contributed by atoms with E-state index in [-0.39, 0.29) is 11.8 Å². The molecule has 0 bridgehead atoms. The number of hydrogen-bond acceptors (Lipinski definition) is 5. The van der Waals surface area contributed by atoms with Gasteiger partial charge in [0, 0.05) is 51.6 Å². The Labute approximate surface area is 174 Å². The van der Waals surface area contributed by atoms with Crippen LogP contribution in [-0.2, 0) is 11.3 Å². The molecule has 0 atom stereocenters. The molecule has 1 saturated carbocycles. The molecule has 2 aromatic rings. The number of piperazine rings is 1. The van der Waals surface area contributed by atoms with Gasteiger partial charge in [-0.3, -0.25) is 15.0 Å². The quantitative estimate of drug-likeness (QED) is 0.505. The SMILES string of the molecule is O=[N+]([O-])c1ccc(N2CCN(CC3(F)CC(OCc4ccccc4)C3)CC2)c(F)c1. The summed E-state index contributed by atoms with van der Waals surface area (Å²) in [7, 11) is 0. The molecule has 2 aromatic carbocycles. The molecule has 0 N–H and O–H groups in total. The third kappa shape index (κ3) is 4.76. The Hall–Kier alpha value is -2.58. The topological polar surface area (TPSA) is 58.9 Å². The van der Waals surface area contributed by atoms with Crippen LogP contribution in [0, 0.1) is 15.9 Å². The molecule has 2 fully saturated rings. The van der Waals surface area contributed by atoms with Crippen LogP contribution in [0.2, 0.25) is 0 Å². The van der Waals surface area contributed by atoms with Gasteiger partial charge >= 0.3 is 0 Å². The van der Waals surface area contributed by atoms with Crippen molar-refractivity contribution in [2.75, 3.05) is 37.6 Å². The van der Waals surface area contributed by atoms with Gasteiger partial charge in [0.05, 0.1) is 29.4 Å². The average molecular weight is 417 g/mol. The average Bonchev–Trinajstić information content (AvgIpc) is 2.72. The molecule has 1 aliphatic heterocycles.